The van der Waals surface area contributed by atoms with Gasteiger partial charge in [0.25, 0.3) is 0 Å². The quantitative estimate of drug-likeness (QED) is 0.458. The molecule has 0 amide bonds. The first-order valence-electron chi connectivity index (χ1n) is 10.4. The van der Waals surface area contributed by atoms with E-state index in [1.807, 2.05) is 48.5 Å². The normalized spacial score (nSPS) is 12.4. The summed E-state index contributed by atoms with van der Waals surface area (Å²) in [5, 5.41) is 9.25. The fraction of sp³-hybridized carbons (Fsp3) is 0.240. The van der Waals surface area contributed by atoms with Gasteiger partial charge in [-0.2, -0.15) is 4.72 Å². The molecule has 3 rings (SSSR count). The number of benzene rings is 3. The summed E-state index contributed by atoms with van der Waals surface area (Å²) >= 11 is 0. The van der Waals surface area contributed by atoms with Crippen LogP contribution in [0.25, 0.3) is 11.1 Å². The summed E-state index contributed by atoms with van der Waals surface area (Å²) in [6.07, 6.45) is 0. The van der Waals surface area contributed by atoms with Crippen LogP contribution in [0.3, 0.4) is 0 Å². The summed E-state index contributed by atoms with van der Waals surface area (Å²) < 4.78 is 38.5. The van der Waals surface area contributed by atoms with Crippen molar-refractivity contribution in [2.75, 3.05) is 7.11 Å². The standard InChI is InChI=1S/C25H27NO6S/c1-17(2)24(25(27)28)26-33(29,30)23-13-9-20(10-14-23)19-7-11-21(12-8-19)32-16-18-5-4-6-22(15-18)31-3/h4-15,17,24,26H,16H2,1-3H3,(H,27,28). The van der Waals surface area contributed by atoms with Gasteiger partial charge in [0.15, 0.2) is 0 Å². The molecule has 2 N–H and O–H groups in total. The Labute approximate surface area is 194 Å². The van der Waals surface area contributed by atoms with Crippen LogP contribution in [-0.4, -0.2) is 32.6 Å². The molecule has 7 nitrogen and oxygen atoms in total. The van der Waals surface area contributed by atoms with Crippen molar-refractivity contribution >= 4 is 16.0 Å². The van der Waals surface area contributed by atoms with Crippen molar-refractivity contribution in [2.45, 2.75) is 31.4 Å². The van der Waals surface area contributed by atoms with Crippen LogP contribution in [0.5, 0.6) is 11.5 Å². The number of nitrogens with one attached hydrogen (secondary N) is 1. The fourth-order valence-corrected chi connectivity index (χ4v) is 4.54. The summed E-state index contributed by atoms with van der Waals surface area (Å²) in [7, 11) is -2.33. The molecule has 0 spiro atoms. The van der Waals surface area contributed by atoms with Crippen LogP contribution in [-0.2, 0) is 21.4 Å². The van der Waals surface area contributed by atoms with Crippen LogP contribution >= 0.6 is 0 Å². The van der Waals surface area contributed by atoms with Gasteiger partial charge in [0, 0.05) is 0 Å². The van der Waals surface area contributed by atoms with Crippen LogP contribution in [0.1, 0.15) is 19.4 Å². The van der Waals surface area contributed by atoms with Crippen molar-refractivity contribution in [1.82, 2.24) is 4.72 Å². The summed E-state index contributed by atoms with van der Waals surface area (Å²) in [4.78, 5) is 11.3. The number of aliphatic carboxylic acids is 1. The topological polar surface area (TPSA) is 102 Å². The van der Waals surface area contributed by atoms with Gasteiger partial charge in [0.05, 0.1) is 12.0 Å². The molecule has 0 aromatic heterocycles. The molecule has 3 aromatic carbocycles. The molecule has 0 aliphatic heterocycles. The van der Waals surface area contributed by atoms with Gasteiger partial charge in [-0.15, -0.1) is 0 Å². The summed E-state index contributed by atoms with van der Waals surface area (Å²) in [6.45, 7) is 3.70. The van der Waals surface area contributed by atoms with Gasteiger partial charge in [-0.25, -0.2) is 8.42 Å². The van der Waals surface area contributed by atoms with E-state index >= 15 is 0 Å². The van der Waals surface area contributed by atoms with E-state index in [1.54, 1.807) is 33.1 Å². The zero-order valence-corrected chi connectivity index (χ0v) is 19.5. The van der Waals surface area contributed by atoms with Crippen LogP contribution in [0.2, 0.25) is 0 Å². The lowest BCUT2D eigenvalue weighted by molar-refractivity contribution is -0.140. The molecule has 0 fully saturated rings. The minimum atomic E-state index is -3.95. The first-order valence-corrected chi connectivity index (χ1v) is 11.9. The van der Waals surface area contributed by atoms with E-state index in [1.165, 1.54) is 12.1 Å². The molecule has 0 aliphatic carbocycles. The smallest absolute Gasteiger partial charge is 0.322 e. The second-order valence-corrected chi connectivity index (χ2v) is 9.58. The third-order valence-electron chi connectivity index (χ3n) is 5.11. The Morgan fingerprint density at radius 2 is 1.55 bits per heavy atom. The van der Waals surface area contributed by atoms with E-state index in [0.29, 0.717) is 12.4 Å². The molecular weight excluding hydrogens is 442 g/mol. The lowest BCUT2D eigenvalue weighted by Crippen LogP contribution is -2.44. The summed E-state index contributed by atoms with van der Waals surface area (Å²) in [6, 6.07) is 20.2. The molecule has 1 atom stereocenters. The molecule has 174 valence electrons. The van der Waals surface area contributed by atoms with Crippen molar-refractivity contribution in [3.63, 3.8) is 0 Å². The Kier molecular flexibility index (Phi) is 7.73. The molecule has 3 aromatic rings. The van der Waals surface area contributed by atoms with Crippen LogP contribution in [0.4, 0.5) is 0 Å². The van der Waals surface area contributed by atoms with Crippen molar-refractivity contribution in [1.29, 1.82) is 0 Å². The highest BCUT2D eigenvalue weighted by molar-refractivity contribution is 7.89. The van der Waals surface area contributed by atoms with E-state index in [9.17, 15) is 18.3 Å². The Morgan fingerprint density at radius 3 is 2.09 bits per heavy atom. The summed E-state index contributed by atoms with van der Waals surface area (Å²) in [5.74, 6) is -0.117. The van der Waals surface area contributed by atoms with E-state index < -0.39 is 22.0 Å². The molecule has 0 aliphatic rings. The second-order valence-electron chi connectivity index (χ2n) is 7.87. The lowest BCUT2D eigenvalue weighted by atomic mass is 10.1. The maximum atomic E-state index is 12.6. The molecule has 0 saturated carbocycles. The first kappa shape index (κ1) is 24.3. The number of carboxylic acid groups (broad SMARTS) is 1. The SMILES string of the molecule is COc1cccc(COc2ccc(-c3ccc(S(=O)(=O)NC(C(=O)O)C(C)C)cc3)cc2)c1. The number of hydrogen-bond acceptors (Lipinski definition) is 5. The number of carbonyl (C=O) groups is 1. The van der Waals surface area contributed by atoms with Crippen molar-refractivity contribution in [2.24, 2.45) is 5.92 Å². The molecule has 0 radical (unpaired) electrons. The number of rotatable bonds is 10. The van der Waals surface area contributed by atoms with E-state index in [-0.39, 0.29) is 10.8 Å². The van der Waals surface area contributed by atoms with E-state index in [0.717, 1.165) is 22.4 Å². The van der Waals surface area contributed by atoms with Gasteiger partial charge in [-0.1, -0.05) is 50.2 Å². The van der Waals surface area contributed by atoms with Gasteiger partial charge >= 0.3 is 5.97 Å². The number of ether oxygens (including phenoxy) is 2. The van der Waals surface area contributed by atoms with Crippen molar-refractivity contribution in [3.8, 4) is 22.6 Å². The largest absolute Gasteiger partial charge is 0.497 e. The van der Waals surface area contributed by atoms with Gasteiger partial charge in [-0.3, -0.25) is 4.79 Å². The van der Waals surface area contributed by atoms with Gasteiger partial charge in [0.1, 0.15) is 24.1 Å². The zero-order chi connectivity index (χ0) is 24.0. The van der Waals surface area contributed by atoms with Gasteiger partial charge < -0.3 is 14.6 Å². The molecule has 0 bridgehead atoms. The maximum Gasteiger partial charge on any atom is 0.322 e. The summed E-state index contributed by atoms with van der Waals surface area (Å²) in [5.41, 5.74) is 2.71. The minimum Gasteiger partial charge on any atom is -0.497 e. The van der Waals surface area contributed by atoms with Gasteiger partial charge in [-0.05, 0) is 59.0 Å². The van der Waals surface area contributed by atoms with E-state index in [4.69, 9.17) is 9.47 Å². The number of methoxy groups -OCH3 is 1. The average Bonchev–Trinajstić information content (AvgIpc) is 2.81. The van der Waals surface area contributed by atoms with Gasteiger partial charge in [0.2, 0.25) is 10.0 Å². The molecule has 8 heteroatoms. The Balaban J connectivity index is 1.67. The molecular formula is C25H27NO6S. The Hall–Kier alpha value is -3.36. The number of sulfonamides is 1. The molecule has 0 heterocycles. The third kappa shape index (κ3) is 6.34. The monoisotopic (exact) mass is 469 g/mol. The fourth-order valence-electron chi connectivity index (χ4n) is 3.21. The maximum absolute atomic E-state index is 12.6. The van der Waals surface area contributed by atoms with Crippen molar-refractivity contribution < 1.29 is 27.8 Å². The average molecular weight is 470 g/mol. The highest BCUT2D eigenvalue weighted by atomic mass is 32.2. The first-order chi connectivity index (χ1) is 15.7. The van der Waals surface area contributed by atoms with E-state index in [2.05, 4.69) is 4.72 Å². The van der Waals surface area contributed by atoms with Crippen molar-refractivity contribution in [3.05, 3.63) is 78.4 Å². The minimum absolute atomic E-state index is 0.0105. The van der Waals surface area contributed by atoms with Crippen LogP contribution < -0.4 is 14.2 Å². The van der Waals surface area contributed by atoms with Crippen LogP contribution in [0, 0.1) is 5.92 Å². The highest BCUT2D eigenvalue weighted by Gasteiger charge is 2.27. The predicted octanol–water partition coefficient (Wildman–Crippen LogP) is 4.33. The predicted molar refractivity (Wildman–Crippen MR) is 126 cm³/mol. The number of carboxylic acids is 1. The third-order valence-corrected chi connectivity index (χ3v) is 6.56. The number of hydrogen-bond donors (Lipinski definition) is 2. The molecule has 33 heavy (non-hydrogen) atoms. The lowest BCUT2D eigenvalue weighted by Gasteiger charge is -2.18. The Morgan fingerprint density at radius 1 is 0.939 bits per heavy atom. The van der Waals surface area contributed by atoms with Crippen LogP contribution in [0.15, 0.2) is 77.7 Å². The molecule has 1 unspecified atom stereocenters. The Bertz CT molecular complexity index is 1190. The second kappa shape index (κ2) is 10.5. The zero-order valence-electron chi connectivity index (χ0n) is 18.7. The highest BCUT2D eigenvalue weighted by Crippen LogP contribution is 2.25. The molecule has 0 saturated heterocycles.